The summed E-state index contributed by atoms with van der Waals surface area (Å²) in [7, 11) is 1.80. The summed E-state index contributed by atoms with van der Waals surface area (Å²) in [5.74, 6) is 0.315. The van der Waals surface area contributed by atoms with Crippen LogP contribution in [-0.4, -0.2) is 62.5 Å². The van der Waals surface area contributed by atoms with E-state index in [1.807, 2.05) is 6.92 Å². The molecule has 1 saturated heterocycles. The van der Waals surface area contributed by atoms with Crippen LogP contribution in [0.4, 0.5) is 5.69 Å². The van der Waals surface area contributed by atoms with E-state index < -0.39 is 0 Å². The minimum atomic E-state index is -0.0196. The lowest BCUT2D eigenvalue weighted by atomic mass is 9.84. The Labute approximate surface area is 266 Å². The van der Waals surface area contributed by atoms with Gasteiger partial charge in [0.2, 0.25) is 0 Å². The topological polar surface area (TPSA) is 94.4 Å². The summed E-state index contributed by atoms with van der Waals surface area (Å²) in [6.07, 6.45) is 9.27. The number of hydrogen-bond donors (Lipinski definition) is 3. The highest BCUT2D eigenvalue weighted by atomic mass is 16.5. The SMILES string of the molecule is C=C(/C=C/C)c1ccc2c(c1)c(CC(C)(C)COC)c(-c1cc(N3CCNCC3)cnc1C(C)C)n2CC.NCCCCN. The zero-order valence-electron chi connectivity index (χ0n) is 28.5. The van der Waals surface area contributed by atoms with Crippen LogP contribution in [0, 0.1) is 5.41 Å². The fraction of sp³-hybridized carbons (Fsp3) is 0.541. The predicted octanol–water partition coefficient (Wildman–Crippen LogP) is 6.74. The number of anilines is 1. The first-order valence-corrected chi connectivity index (χ1v) is 16.4. The van der Waals surface area contributed by atoms with Crippen molar-refractivity contribution in [2.75, 3.05) is 57.9 Å². The molecule has 1 aliphatic heterocycles. The average Bonchev–Trinajstić information content (AvgIpc) is 3.32. The van der Waals surface area contributed by atoms with E-state index >= 15 is 0 Å². The Balaban J connectivity index is 0.000000801. The van der Waals surface area contributed by atoms with E-state index in [1.54, 1.807) is 7.11 Å². The molecule has 3 heterocycles. The molecule has 0 bridgehead atoms. The van der Waals surface area contributed by atoms with Gasteiger partial charge in [0, 0.05) is 56.3 Å². The number of fused-ring (bicyclic) bond motifs is 1. The lowest BCUT2D eigenvalue weighted by Gasteiger charge is -2.30. The maximum absolute atomic E-state index is 5.67. The van der Waals surface area contributed by atoms with Gasteiger partial charge in [-0.3, -0.25) is 4.98 Å². The average molecular weight is 603 g/mol. The predicted molar refractivity (Wildman–Crippen MR) is 191 cm³/mol. The van der Waals surface area contributed by atoms with Crippen molar-refractivity contribution in [3.63, 3.8) is 0 Å². The van der Waals surface area contributed by atoms with Crippen molar-refractivity contribution in [2.45, 2.75) is 73.3 Å². The molecule has 1 aromatic carbocycles. The van der Waals surface area contributed by atoms with E-state index in [-0.39, 0.29) is 5.41 Å². The first-order chi connectivity index (χ1) is 21.1. The first kappa shape index (κ1) is 35.5. The number of nitrogens with one attached hydrogen (secondary N) is 1. The van der Waals surface area contributed by atoms with Crippen molar-refractivity contribution in [2.24, 2.45) is 16.9 Å². The summed E-state index contributed by atoms with van der Waals surface area (Å²) in [6.45, 7) is 24.9. The molecule has 1 fully saturated rings. The van der Waals surface area contributed by atoms with Gasteiger partial charge < -0.3 is 31.0 Å². The zero-order chi connectivity index (χ0) is 32.3. The lowest BCUT2D eigenvalue weighted by molar-refractivity contribution is 0.105. The van der Waals surface area contributed by atoms with Gasteiger partial charge in [-0.05, 0) is 92.4 Å². The van der Waals surface area contributed by atoms with Gasteiger partial charge in [-0.1, -0.05) is 52.5 Å². The molecule has 3 aromatic rings. The summed E-state index contributed by atoms with van der Waals surface area (Å²) in [5, 5.41) is 4.78. The molecule has 5 N–H and O–H groups in total. The Morgan fingerprint density at radius 3 is 2.39 bits per heavy atom. The molecule has 0 unspecified atom stereocenters. The quantitative estimate of drug-likeness (QED) is 0.148. The van der Waals surface area contributed by atoms with E-state index in [2.05, 4.69) is 98.6 Å². The van der Waals surface area contributed by atoms with Crippen LogP contribution < -0.4 is 21.7 Å². The third-order valence-corrected chi connectivity index (χ3v) is 8.26. The third-order valence-electron chi connectivity index (χ3n) is 8.26. The molecule has 242 valence electrons. The number of aromatic nitrogens is 2. The number of ether oxygens (including phenoxy) is 1. The highest BCUT2D eigenvalue weighted by Crippen LogP contribution is 2.42. The molecule has 0 atom stereocenters. The fourth-order valence-electron chi connectivity index (χ4n) is 6.16. The number of methoxy groups -OCH3 is 1. The molecule has 1 aliphatic rings. The van der Waals surface area contributed by atoms with Crippen LogP contribution in [0.5, 0.6) is 0 Å². The molecule has 0 amide bonds. The minimum absolute atomic E-state index is 0.0196. The summed E-state index contributed by atoms with van der Waals surface area (Å²) in [5.41, 5.74) is 20.1. The number of benzene rings is 1. The zero-order valence-corrected chi connectivity index (χ0v) is 28.5. The molecule has 44 heavy (non-hydrogen) atoms. The maximum atomic E-state index is 5.67. The minimum Gasteiger partial charge on any atom is -0.384 e. The number of pyridine rings is 1. The number of hydrogen-bond acceptors (Lipinski definition) is 6. The van der Waals surface area contributed by atoms with Crippen LogP contribution in [-0.2, 0) is 17.7 Å². The van der Waals surface area contributed by atoms with E-state index in [1.165, 1.54) is 33.4 Å². The number of rotatable bonds is 13. The second kappa shape index (κ2) is 16.9. The first-order valence-electron chi connectivity index (χ1n) is 16.4. The second-order valence-corrected chi connectivity index (χ2v) is 12.9. The number of nitrogens with two attached hydrogens (primary N) is 2. The van der Waals surface area contributed by atoms with Gasteiger partial charge in [0.25, 0.3) is 0 Å². The van der Waals surface area contributed by atoms with Gasteiger partial charge in [0.05, 0.1) is 29.9 Å². The van der Waals surface area contributed by atoms with Crippen molar-refractivity contribution in [3.8, 4) is 11.3 Å². The molecule has 4 rings (SSSR count). The monoisotopic (exact) mass is 602 g/mol. The number of aryl methyl sites for hydroxylation is 1. The fourth-order valence-corrected chi connectivity index (χ4v) is 6.16. The lowest BCUT2D eigenvalue weighted by Crippen LogP contribution is -2.43. The molecular formula is C37H58N6O. The van der Waals surface area contributed by atoms with Crippen LogP contribution in [0.25, 0.3) is 27.7 Å². The van der Waals surface area contributed by atoms with Crippen LogP contribution >= 0.6 is 0 Å². The Kier molecular flexibility index (Phi) is 13.7. The Hall–Kier alpha value is -2.97. The third kappa shape index (κ3) is 8.81. The van der Waals surface area contributed by atoms with E-state index in [0.717, 1.165) is 81.9 Å². The molecule has 0 saturated carbocycles. The molecule has 0 spiro atoms. The number of piperazine rings is 1. The van der Waals surface area contributed by atoms with Gasteiger partial charge in [0.15, 0.2) is 0 Å². The Morgan fingerprint density at radius 1 is 1.14 bits per heavy atom. The summed E-state index contributed by atoms with van der Waals surface area (Å²) in [4.78, 5) is 7.56. The standard InChI is InChI=1S/C33H46N4O.C4H12N2/c1-9-11-24(5)25-12-13-30-27(18-25)29(20-33(6,7)22-38-8)32(37(30)10-2)28-19-26(21-35-31(28)23(3)4)36-16-14-34-15-17-36;5-3-1-2-4-6/h9,11-13,18-19,21,23,34H,5,10,14-17,20,22H2,1-4,6-8H3;1-6H2/b11-9+;. The summed E-state index contributed by atoms with van der Waals surface area (Å²) < 4.78 is 8.17. The van der Waals surface area contributed by atoms with E-state index in [4.69, 9.17) is 21.2 Å². The molecule has 7 heteroatoms. The normalized spacial score (nSPS) is 14.0. The van der Waals surface area contributed by atoms with Gasteiger partial charge in [-0.15, -0.1) is 0 Å². The molecule has 0 aliphatic carbocycles. The Morgan fingerprint density at radius 2 is 1.82 bits per heavy atom. The van der Waals surface area contributed by atoms with Gasteiger partial charge in [-0.2, -0.15) is 0 Å². The highest BCUT2D eigenvalue weighted by molar-refractivity contribution is 5.95. The van der Waals surface area contributed by atoms with E-state index in [9.17, 15) is 0 Å². The van der Waals surface area contributed by atoms with Gasteiger partial charge >= 0.3 is 0 Å². The van der Waals surface area contributed by atoms with Crippen molar-refractivity contribution < 1.29 is 4.74 Å². The Bertz CT molecular complexity index is 1380. The van der Waals surface area contributed by atoms with E-state index in [0.29, 0.717) is 12.5 Å². The highest BCUT2D eigenvalue weighted by Gasteiger charge is 2.28. The molecule has 2 aromatic heterocycles. The maximum Gasteiger partial charge on any atom is 0.0560 e. The van der Waals surface area contributed by atoms with Crippen LogP contribution in [0.1, 0.15) is 77.1 Å². The smallest absolute Gasteiger partial charge is 0.0560 e. The molecule has 0 radical (unpaired) electrons. The van der Waals surface area contributed by atoms with Crippen LogP contribution in [0.2, 0.25) is 0 Å². The number of allylic oxidation sites excluding steroid dienone is 3. The van der Waals surface area contributed by atoms with Crippen molar-refractivity contribution in [3.05, 3.63) is 66.0 Å². The second-order valence-electron chi connectivity index (χ2n) is 12.9. The van der Waals surface area contributed by atoms with Crippen molar-refractivity contribution in [1.29, 1.82) is 0 Å². The van der Waals surface area contributed by atoms with Crippen molar-refractivity contribution in [1.82, 2.24) is 14.9 Å². The van der Waals surface area contributed by atoms with Gasteiger partial charge in [0.1, 0.15) is 0 Å². The molecular weight excluding hydrogens is 544 g/mol. The van der Waals surface area contributed by atoms with Crippen molar-refractivity contribution >= 4 is 22.2 Å². The van der Waals surface area contributed by atoms with Gasteiger partial charge in [-0.25, -0.2) is 0 Å². The number of nitrogens with zero attached hydrogens (tertiary/aromatic N) is 3. The summed E-state index contributed by atoms with van der Waals surface area (Å²) >= 11 is 0. The summed E-state index contributed by atoms with van der Waals surface area (Å²) in [6, 6.07) is 9.24. The largest absolute Gasteiger partial charge is 0.384 e. The molecule has 7 nitrogen and oxygen atoms in total. The van der Waals surface area contributed by atoms with Crippen LogP contribution in [0.15, 0.2) is 49.2 Å². The van der Waals surface area contributed by atoms with Crippen LogP contribution in [0.3, 0.4) is 0 Å². The number of unbranched alkanes of at least 4 members (excludes halogenated alkanes) is 1.